The molecule has 3 nitrogen and oxygen atoms in total. The van der Waals surface area contributed by atoms with Crippen LogP contribution in [-0.4, -0.2) is 0 Å². The molecule has 2 aromatic heterocycles. The van der Waals surface area contributed by atoms with Crippen molar-refractivity contribution in [3.05, 3.63) is 90.1 Å². The fourth-order valence-electron chi connectivity index (χ4n) is 4.00. The third-order valence-electron chi connectivity index (χ3n) is 5.47. The molecule has 2 heterocycles. The quantitative estimate of drug-likeness (QED) is 0.359. The first-order valence-electron chi connectivity index (χ1n) is 9.57. The van der Waals surface area contributed by atoms with Crippen molar-refractivity contribution in [3.8, 4) is 28.5 Å². The molecular weight excluding hydrogens is 356 g/mol. The van der Waals surface area contributed by atoms with E-state index in [1.807, 2.05) is 18.2 Å². The average Bonchev–Trinajstić information content (AvgIpc) is 3.12. The summed E-state index contributed by atoms with van der Waals surface area (Å²) in [4.78, 5) is 0. The van der Waals surface area contributed by atoms with E-state index in [-0.39, 0.29) is 0 Å². The first-order valence-corrected chi connectivity index (χ1v) is 9.57. The molecule has 0 atom stereocenters. The van der Waals surface area contributed by atoms with Crippen molar-refractivity contribution < 1.29 is 8.98 Å². The van der Waals surface area contributed by atoms with Crippen LogP contribution >= 0.6 is 0 Å². The highest BCUT2D eigenvalue weighted by molar-refractivity contribution is 6.10. The second kappa shape index (κ2) is 6.61. The normalized spacial score (nSPS) is 11.1. The van der Waals surface area contributed by atoms with Crippen LogP contribution in [0, 0.1) is 18.3 Å². The number of fused-ring (bicyclic) bond motifs is 3. The van der Waals surface area contributed by atoms with E-state index in [0.29, 0.717) is 5.56 Å². The molecule has 0 spiro atoms. The minimum Gasteiger partial charge on any atom is -0.455 e. The Kier molecular flexibility index (Phi) is 3.93. The fourth-order valence-corrected chi connectivity index (χ4v) is 4.00. The van der Waals surface area contributed by atoms with E-state index in [0.717, 1.165) is 38.8 Å². The van der Waals surface area contributed by atoms with Crippen molar-refractivity contribution in [1.82, 2.24) is 0 Å². The Balaban J connectivity index is 1.74. The summed E-state index contributed by atoms with van der Waals surface area (Å²) in [5, 5.41) is 11.3. The molecule has 138 valence electrons. The lowest BCUT2D eigenvalue weighted by atomic mass is 9.99. The number of hydrogen-bond donors (Lipinski definition) is 0. The van der Waals surface area contributed by atoms with Gasteiger partial charge in [-0.15, -0.1) is 0 Å². The van der Waals surface area contributed by atoms with Crippen molar-refractivity contribution in [2.75, 3.05) is 0 Å². The highest BCUT2D eigenvalue weighted by Crippen LogP contribution is 2.37. The van der Waals surface area contributed by atoms with Crippen LogP contribution in [0.15, 0.2) is 83.4 Å². The third-order valence-corrected chi connectivity index (χ3v) is 5.47. The van der Waals surface area contributed by atoms with Gasteiger partial charge in [0.15, 0.2) is 6.20 Å². The number of aromatic nitrogens is 1. The lowest BCUT2D eigenvalue weighted by molar-refractivity contribution is -0.659. The zero-order valence-corrected chi connectivity index (χ0v) is 16.3. The van der Waals surface area contributed by atoms with Gasteiger partial charge in [-0.2, -0.15) is 5.26 Å². The van der Waals surface area contributed by atoms with Gasteiger partial charge in [-0.05, 0) is 42.3 Å². The molecule has 5 rings (SSSR count). The van der Waals surface area contributed by atoms with Crippen LogP contribution in [0.4, 0.5) is 0 Å². The molecule has 3 aromatic carbocycles. The van der Waals surface area contributed by atoms with Crippen LogP contribution in [-0.2, 0) is 7.05 Å². The largest absolute Gasteiger partial charge is 0.455 e. The van der Waals surface area contributed by atoms with E-state index in [1.165, 1.54) is 11.1 Å². The van der Waals surface area contributed by atoms with Gasteiger partial charge in [0.05, 0.1) is 17.2 Å². The van der Waals surface area contributed by atoms with Gasteiger partial charge in [0.2, 0.25) is 5.69 Å². The maximum Gasteiger partial charge on any atom is 0.216 e. The summed E-state index contributed by atoms with van der Waals surface area (Å²) in [7, 11) is 2.07. The maximum atomic E-state index is 9.26. The second-order valence-corrected chi connectivity index (χ2v) is 7.34. The summed E-state index contributed by atoms with van der Waals surface area (Å²) in [5.74, 6) is 0. The van der Waals surface area contributed by atoms with Crippen LogP contribution in [0.3, 0.4) is 0 Å². The molecule has 0 aliphatic heterocycles. The highest BCUT2D eigenvalue weighted by Gasteiger charge is 2.21. The van der Waals surface area contributed by atoms with Gasteiger partial charge in [0, 0.05) is 22.4 Å². The average molecular weight is 375 g/mol. The van der Waals surface area contributed by atoms with Gasteiger partial charge < -0.3 is 4.42 Å². The molecule has 0 aliphatic rings. The molecule has 29 heavy (non-hydrogen) atoms. The van der Waals surface area contributed by atoms with Gasteiger partial charge in [-0.3, -0.25) is 0 Å². The molecule has 3 heteroatoms. The smallest absolute Gasteiger partial charge is 0.216 e. The van der Waals surface area contributed by atoms with Gasteiger partial charge >= 0.3 is 0 Å². The molecule has 0 aliphatic carbocycles. The lowest BCUT2D eigenvalue weighted by Crippen LogP contribution is -2.30. The monoisotopic (exact) mass is 375 g/mol. The Labute approximate surface area is 169 Å². The number of pyridine rings is 1. The van der Waals surface area contributed by atoms with Crippen LogP contribution in [0.25, 0.3) is 44.3 Å². The summed E-state index contributed by atoms with van der Waals surface area (Å²) in [6.45, 7) is 2.10. The minimum absolute atomic E-state index is 0.639. The Hall–Kier alpha value is -3.90. The van der Waals surface area contributed by atoms with Crippen LogP contribution < -0.4 is 4.57 Å². The molecule has 0 N–H and O–H groups in total. The number of hydrogen-bond acceptors (Lipinski definition) is 2. The SMILES string of the molecule is Cc1ccc2c(oc3ccc(C#N)cc32)c1-c1ccc(-c2ccccc2)c[n+]1C. The Morgan fingerprint density at radius 2 is 1.69 bits per heavy atom. The first-order chi connectivity index (χ1) is 14.2. The van der Waals surface area contributed by atoms with Crippen LogP contribution in [0.1, 0.15) is 11.1 Å². The molecule has 0 fully saturated rings. The van der Waals surface area contributed by atoms with Gasteiger partial charge in [-0.1, -0.05) is 42.5 Å². The van der Waals surface area contributed by atoms with Crippen molar-refractivity contribution in [1.29, 1.82) is 5.26 Å². The number of benzene rings is 3. The molecule has 5 aromatic rings. The van der Waals surface area contributed by atoms with E-state index in [2.05, 4.69) is 79.3 Å². The molecular formula is C26H19N2O+. The molecule has 0 radical (unpaired) electrons. The number of nitriles is 1. The zero-order valence-electron chi connectivity index (χ0n) is 16.3. The minimum atomic E-state index is 0.639. The lowest BCUT2D eigenvalue weighted by Gasteiger charge is -2.07. The van der Waals surface area contributed by atoms with E-state index in [1.54, 1.807) is 6.07 Å². The molecule has 0 unspecified atom stereocenters. The van der Waals surface area contributed by atoms with Crippen LogP contribution in [0.2, 0.25) is 0 Å². The summed E-state index contributed by atoms with van der Waals surface area (Å²) < 4.78 is 8.42. The predicted octanol–water partition coefficient (Wildman–Crippen LogP) is 5.92. The van der Waals surface area contributed by atoms with E-state index < -0.39 is 0 Å². The summed E-state index contributed by atoms with van der Waals surface area (Å²) in [6.07, 6.45) is 2.15. The summed E-state index contributed by atoms with van der Waals surface area (Å²) >= 11 is 0. The summed E-state index contributed by atoms with van der Waals surface area (Å²) in [6, 6.07) is 26.7. The van der Waals surface area contributed by atoms with E-state index in [9.17, 15) is 5.26 Å². The molecule has 0 saturated carbocycles. The number of aryl methyl sites for hydroxylation is 2. The maximum absolute atomic E-state index is 9.26. The highest BCUT2D eigenvalue weighted by atomic mass is 16.3. The second-order valence-electron chi connectivity index (χ2n) is 7.34. The third kappa shape index (κ3) is 2.78. The van der Waals surface area contributed by atoms with Gasteiger partial charge in [0.25, 0.3) is 0 Å². The Bertz CT molecular complexity index is 1420. The molecule has 0 bridgehead atoms. The standard InChI is InChI=1S/C26H19N2O/c1-17-8-11-21-22-14-18(15-27)9-13-24(22)29-26(21)25(17)23-12-10-20(16-28(23)2)19-6-4-3-5-7-19/h3-14,16H,1-2H3/q+1. The Morgan fingerprint density at radius 3 is 2.45 bits per heavy atom. The zero-order chi connectivity index (χ0) is 20.0. The van der Waals surface area contributed by atoms with Crippen molar-refractivity contribution >= 4 is 21.9 Å². The number of rotatable bonds is 2. The van der Waals surface area contributed by atoms with E-state index in [4.69, 9.17) is 4.42 Å². The fraction of sp³-hybridized carbons (Fsp3) is 0.0769. The van der Waals surface area contributed by atoms with Gasteiger partial charge in [0.1, 0.15) is 18.2 Å². The first kappa shape index (κ1) is 17.2. The van der Waals surface area contributed by atoms with Crippen molar-refractivity contribution in [2.45, 2.75) is 6.92 Å². The molecule has 0 saturated heterocycles. The topological polar surface area (TPSA) is 40.8 Å². The summed E-state index contributed by atoms with van der Waals surface area (Å²) in [5.41, 5.74) is 7.99. The van der Waals surface area contributed by atoms with Crippen molar-refractivity contribution in [3.63, 3.8) is 0 Å². The predicted molar refractivity (Wildman–Crippen MR) is 115 cm³/mol. The number of nitrogens with zero attached hydrogens (tertiary/aromatic N) is 2. The van der Waals surface area contributed by atoms with Crippen LogP contribution in [0.5, 0.6) is 0 Å². The number of furan rings is 1. The van der Waals surface area contributed by atoms with Crippen molar-refractivity contribution in [2.24, 2.45) is 7.05 Å². The van der Waals surface area contributed by atoms with E-state index >= 15 is 0 Å². The molecule has 0 amide bonds. The van der Waals surface area contributed by atoms with Gasteiger partial charge in [-0.25, -0.2) is 4.57 Å². The Morgan fingerprint density at radius 1 is 0.862 bits per heavy atom.